The minimum Gasteiger partial charge on any atom is -0.494 e. The van der Waals surface area contributed by atoms with Gasteiger partial charge in [-0.05, 0) is 38.1 Å². The van der Waals surface area contributed by atoms with Crippen LogP contribution in [0.5, 0.6) is 5.75 Å². The maximum atomic E-state index is 11.5. The van der Waals surface area contributed by atoms with Gasteiger partial charge < -0.3 is 9.94 Å². The van der Waals surface area contributed by atoms with Crippen LogP contribution >= 0.6 is 0 Å². The largest absolute Gasteiger partial charge is 0.494 e. The van der Waals surface area contributed by atoms with Crippen molar-refractivity contribution in [3.8, 4) is 5.75 Å². The molecule has 0 bridgehead atoms. The van der Waals surface area contributed by atoms with Gasteiger partial charge in [0.1, 0.15) is 11.5 Å². The summed E-state index contributed by atoms with van der Waals surface area (Å²) >= 11 is 0. The summed E-state index contributed by atoms with van der Waals surface area (Å²) in [7, 11) is 0. The molecule has 0 fully saturated rings. The zero-order valence-corrected chi connectivity index (χ0v) is 8.73. The number of rotatable bonds is 4. The lowest BCUT2D eigenvalue weighted by Gasteiger charge is -2.03. The molecule has 0 heterocycles. The van der Waals surface area contributed by atoms with Gasteiger partial charge in [0.25, 0.3) is 0 Å². The number of benzene rings is 1. The van der Waals surface area contributed by atoms with Crippen molar-refractivity contribution < 1.29 is 14.7 Å². The molecule has 80 valence electrons. The highest BCUT2D eigenvalue weighted by Gasteiger charge is 2.09. The lowest BCUT2D eigenvalue weighted by atomic mass is 10.1. The maximum absolute atomic E-state index is 11.5. The summed E-state index contributed by atoms with van der Waals surface area (Å²) in [5.74, 6) is 0.424. The Morgan fingerprint density at radius 3 is 2.47 bits per heavy atom. The summed E-state index contributed by atoms with van der Waals surface area (Å²) in [4.78, 5) is 11.5. The van der Waals surface area contributed by atoms with E-state index in [9.17, 15) is 4.79 Å². The topological polar surface area (TPSA) is 58.9 Å². The molecule has 4 heteroatoms. The smallest absolute Gasteiger partial charge is 0.210 e. The number of hydrogen-bond donors (Lipinski definition) is 1. The standard InChI is InChI=1S/C11H13NO3/c1-3-15-10-6-4-9(5-7-10)11(13)8(2)12-14/h4-7,14H,3H2,1-2H3. The van der Waals surface area contributed by atoms with E-state index in [1.165, 1.54) is 6.92 Å². The second-order valence-corrected chi connectivity index (χ2v) is 2.97. The molecule has 0 aromatic heterocycles. The van der Waals surface area contributed by atoms with Gasteiger partial charge in [0.2, 0.25) is 5.78 Å². The van der Waals surface area contributed by atoms with Gasteiger partial charge in [-0.3, -0.25) is 4.79 Å². The molecule has 0 saturated heterocycles. The molecule has 0 aliphatic rings. The van der Waals surface area contributed by atoms with Crippen LogP contribution in [0, 0.1) is 0 Å². The molecule has 0 aliphatic carbocycles. The molecule has 0 spiro atoms. The first-order valence-electron chi connectivity index (χ1n) is 4.65. The number of ketones is 1. The van der Waals surface area contributed by atoms with Crippen molar-refractivity contribution in [3.05, 3.63) is 29.8 Å². The SMILES string of the molecule is CCOc1ccc(C(=O)C(C)=NO)cc1. The van der Waals surface area contributed by atoms with Crippen LogP contribution in [0.1, 0.15) is 24.2 Å². The number of hydrogen-bond acceptors (Lipinski definition) is 4. The molecule has 0 radical (unpaired) electrons. The molecule has 0 atom stereocenters. The number of carbonyl (C=O) groups is 1. The van der Waals surface area contributed by atoms with Crippen molar-refractivity contribution >= 4 is 11.5 Å². The first-order chi connectivity index (χ1) is 7.19. The van der Waals surface area contributed by atoms with Crippen LogP contribution in [0.25, 0.3) is 0 Å². The molecule has 0 aliphatic heterocycles. The highest BCUT2D eigenvalue weighted by atomic mass is 16.5. The van der Waals surface area contributed by atoms with Crippen LogP contribution in [0.15, 0.2) is 29.4 Å². The third kappa shape index (κ3) is 2.80. The Labute approximate surface area is 88.2 Å². The fourth-order valence-electron chi connectivity index (χ4n) is 1.12. The molecule has 0 amide bonds. The Kier molecular flexibility index (Phi) is 3.85. The monoisotopic (exact) mass is 207 g/mol. The van der Waals surface area contributed by atoms with Crippen molar-refractivity contribution in [2.75, 3.05) is 6.61 Å². The molecule has 15 heavy (non-hydrogen) atoms. The van der Waals surface area contributed by atoms with Crippen molar-refractivity contribution in [2.24, 2.45) is 5.16 Å². The third-order valence-electron chi connectivity index (χ3n) is 1.91. The molecule has 0 unspecified atom stereocenters. The van der Waals surface area contributed by atoms with Gasteiger partial charge in [-0.2, -0.15) is 0 Å². The van der Waals surface area contributed by atoms with E-state index in [1.807, 2.05) is 6.92 Å². The number of oxime groups is 1. The Bertz CT molecular complexity index is 368. The average Bonchev–Trinajstić information content (AvgIpc) is 2.28. The van der Waals surface area contributed by atoms with Gasteiger partial charge in [-0.1, -0.05) is 5.16 Å². The van der Waals surface area contributed by atoms with E-state index in [0.29, 0.717) is 17.9 Å². The van der Waals surface area contributed by atoms with E-state index < -0.39 is 0 Å². The maximum Gasteiger partial charge on any atom is 0.210 e. The Balaban J connectivity index is 2.84. The Morgan fingerprint density at radius 1 is 1.40 bits per heavy atom. The third-order valence-corrected chi connectivity index (χ3v) is 1.91. The molecule has 1 N–H and O–H groups in total. The Hall–Kier alpha value is -1.84. The lowest BCUT2D eigenvalue weighted by molar-refractivity contribution is 0.106. The highest BCUT2D eigenvalue weighted by Crippen LogP contribution is 2.12. The van der Waals surface area contributed by atoms with Gasteiger partial charge >= 0.3 is 0 Å². The van der Waals surface area contributed by atoms with Crippen molar-refractivity contribution in [1.82, 2.24) is 0 Å². The van der Waals surface area contributed by atoms with Crippen LogP contribution in [0.3, 0.4) is 0 Å². The summed E-state index contributed by atoms with van der Waals surface area (Å²) in [6.07, 6.45) is 0. The summed E-state index contributed by atoms with van der Waals surface area (Å²) in [6, 6.07) is 6.70. The number of Topliss-reactive ketones (excluding diaryl/α,β-unsaturated/α-hetero) is 1. The van der Waals surface area contributed by atoms with Crippen LogP contribution in [-0.2, 0) is 0 Å². The van der Waals surface area contributed by atoms with E-state index in [1.54, 1.807) is 24.3 Å². The first kappa shape index (κ1) is 11.2. The fourth-order valence-corrected chi connectivity index (χ4v) is 1.12. The highest BCUT2D eigenvalue weighted by molar-refractivity contribution is 6.45. The molecule has 1 aromatic carbocycles. The quantitative estimate of drug-likeness (QED) is 0.356. The predicted octanol–water partition coefficient (Wildman–Crippen LogP) is 2.12. The first-order valence-corrected chi connectivity index (χ1v) is 4.65. The number of ether oxygens (including phenoxy) is 1. The van der Waals surface area contributed by atoms with Gasteiger partial charge in [0.05, 0.1) is 6.61 Å². The van der Waals surface area contributed by atoms with E-state index in [2.05, 4.69) is 5.16 Å². The zero-order chi connectivity index (χ0) is 11.3. The molecular weight excluding hydrogens is 194 g/mol. The molecule has 1 rings (SSSR count). The second kappa shape index (κ2) is 5.14. The second-order valence-electron chi connectivity index (χ2n) is 2.97. The summed E-state index contributed by atoms with van der Waals surface area (Å²) < 4.78 is 5.24. The molecular formula is C11H13NO3. The molecule has 4 nitrogen and oxygen atoms in total. The van der Waals surface area contributed by atoms with Crippen molar-refractivity contribution in [3.63, 3.8) is 0 Å². The zero-order valence-electron chi connectivity index (χ0n) is 8.73. The average molecular weight is 207 g/mol. The summed E-state index contributed by atoms with van der Waals surface area (Å²) in [5, 5.41) is 11.3. The number of nitrogens with zero attached hydrogens (tertiary/aromatic N) is 1. The van der Waals surface area contributed by atoms with E-state index in [-0.39, 0.29) is 11.5 Å². The van der Waals surface area contributed by atoms with E-state index >= 15 is 0 Å². The number of carbonyl (C=O) groups excluding carboxylic acids is 1. The van der Waals surface area contributed by atoms with Crippen LogP contribution in [0.2, 0.25) is 0 Å². The molecule has 0 saturated carbocycles. The summed E-state index contributed by atoms with van der Waals surface area (Å²) in [6.45, 7) is 3.94. The van der Waals surface area contributed by atoms with Crippen molar-refractivity contribution in [1.29, 1.82) is 0 Å². The van der Waals surface area contributed by atoms with Crippen LogP contribution in [-0.4, -0.2) is 23.3 Å². The minimum atomic E-state index is -0.291. The lowest BCUT2D eigenvalue weighted by Crippen LogP contribution is -2.10. The van der Waals surface area contributed by atoms with Gasteiger partial charge in [-0.25, -0.2) is 0 Å². The normalized spacial score (nSPS) is 11.2. The Morgan fingerprint density at radius 2 is 2.00 bits per heavy atom. The van der Waals surface area contributed by atoms with Gasteiger partial charge in [0, 0.05) is 5.56 Å². The van der Waals surface area contributed by atoms with E-state index in [0.717, 1.165) is 0 Å². The predicted molar refractivity (Wildman–Crippen MR) is 56.8 cm³/mol. The fraction of sp³-hybridized carbons (Fsp3) is 0.273. The van der Waals surface area contributed by atoms with E-state index in [4.69, 9.17) is 9.94 Å². The van der Waals surface area contributed by atoms with Gasteiger partial charge in [0.15, 0.2) is 0 Å². The summed E-state index contributed by atoms with van der Waals surface area (Å²) in [5.41, 5.74) is 0.549. The van der Waals surface area contributed by atoms with Crippen molar-refractivity contribution in [2.45, 2.75) is 13.8 Å². The van der Waals surface area contributed by atoms with Crippen LogP contribution in [0.4, 0.5) is 0 Å². The van der Waals surface area contributed by atoms with Crippen LogP contribution < -0.4 is 4.74 Å². The molecule has 1 aromatic rings. The minimum absolute atomic E-state index is 0.0687. The van der Waals surface area contributed by atoms with Gasteiger partial charge in [-0.15, -0.1) is 0 Å².